The van der Waals surface area contributed by atoms with Gasteiger partial charge < -0.3 is 19.7 Å². The molecule has 0 spiro atoms. The molecular weight excluding hydrogens is 638 g/mol. The van der Waals surface area contributed by atoms with E-state index in [1.165, 1.54) is 24.1 Å². The van der Waals surface area contributed by atoms with Gasteiger partial charge in [-0.1, -0.05) is 67.4 Å². The molecule has 0 aliphatic carbocycles. The minimum atomic E-state index is -4.26. The number of carbonyl (C=O) groups excluding carboxylic acids is 2. The van der Waals surface area contributed by atoms with Crippen molar-refractivity contribution in [2.45, 2.75) is 43.7 Å². The van der Waals surface area contributed by atoms with Crippen molar-refractivity contribution in [2.24, 2.45) is 0 Å². The Kier molecular flexibility index (Phi) is 12.7. The van der Waals surface area contributed by atoms with Crippen LogP contribution in [0.3, 0.4) is 0 Å². The van der Waals surface area contributed by atoms with Crippen LogP contribution in [0.2, 0.25) is 5.02 Å². The van der Waals surface area contributed by atoms with E-state index in [2.05, 4.69) is 5.32 Å². The summed E-state index contributed by atoms with van der Waals surface area (Å²) in [5.41, 5.74) is 1.81. The summed E-state index contributed by atoms with van der Waals surface area (Å²) < 4.78 is 40.0. The summed E-state index contributed by atoms with van der Waals surface area (Å²) in [5.74, 6) is 0.188. The summed E-state index contributed by atoms with van der Waals surface area (Å²) in [7, 11) is -1.22. The lowest BCUT2D eigenvalue weighted by Gasteiger charge is -2.34. The molecular formula is C36H40ClN3O6S. The fourth-order valence-corrected chi connectivity index (χ4v) is 6.58. The van der Waals surface area contributed by atoms with Crippen molar-refractivity contribution in [1.29, 1.82) is 0 Å². The molecule has 0 fully saturated rings. The van der Waals surface area contributed by atoms with Gasteiger partial charge in [0.1, 0.15) is 24.1 Å². The second-order valence-corrected chi connectivity index (χ2v) is 13.2. The van der Waals surface area contributed by atoms with Crippen LogP contribution < -0.4 is 19.1 Å². The summed E-state index contributed by atoms with van der Waals surface area (Å²) in [6.07, 6.45) is 1.88. The zero-order valence-electron chi connectivity index (χ0n) is 26.8. The monoisotopic (exact) mass is 677 g/mol. The van der Waals surface area contributed by atoms with E-state index >= 15 is 0 Å². The van der Waals surface area contributed by atoms with Gasteiger partial charge in [0.05, 0.1) is 24.8 Å². The number of benzene rings is 4. The molecule has 11 heteroatoms. The molecule has 4 rings (SSSR count). The minimum Gasteiger partial charge on any atom is -0.497 e. The van der Waals surface area contributed by atoms with Gasteiger partial charge in [0.25, 0.3) is 10.0 Å². The Morgan fingerprint density at radius 3 is 2.13 bits per heavy atom. The third kappa shape index (κ3) is 9.49. The summed E-state index contributed by atoms with van der Waals surface area (Å²) in [6.45, 7) is 1.94. The Labute approximate surface area is 282 Å². The molecule has 2 amide bonds. The van der Waals surface area contributed by atoms with Crippen LogP contribution in [0.4, 0.5) is 5.69 Å². The maximum Gasteiger partial charge on any atom is 0.264 e. The topological polar surface area (TPSA) is 105 Å². The largest absolute Gasteiger partial charge is 0.497 e. The first-order valence-corrected chi connectivity index (χ1v) is 17.1. The van der Waals surface area contributed by atoms with E-state index in [9.17, 15) is 18.0 Å². The van der Waals surface area contributed by atoms with Crippen LogP contribution in [-0.2, 0) is 32.6 Å². The molecule has 0 aliphatic rings. The SMILES string of the molecule is CCCCNC(=O)C(Cc1ccccc1)N(Cc1cccc(OC)c1)C(=O)CN(c1ccc(Cl)cc1)S(=O)(=O)c1ccc(OC)cc1. The summed E-state index contributed by atoms with van der Waals surface area (Å²) in [5, 5.41) is 3.40. The van der Waals surface area contributed by atoms with Gasteiger partial charge in [-0.15, -0.1) is 0 Å². The van der Waals surface area contributed by atoms with Crippen LogP contribution in [0, 0.1) is 0 Å². The van der Waals surface area contributed by atoms with Crippen LogP contribution in [0.25, 0.3) is 0 Å². The van der Waals surface area contributed by atoms with Gasteiger partial charge in [-0.05, 0) is 78.2 Å². The van der Waals surface area contributed by atoms with Crippen LogP contribution in [0.1, 0.15) is 30.9 Å². The third-order valence-corrected chi connectivity index (χ3v) is 9.67. The third-order valence-electron chi connectivity index (χ3n) is 7.63. The zero-order valence-corrected chi connectivity index (χ0v) is 28.3. The van der Waals surface area contributed by atoms with Gasteiger partial charge >= 0.3 is 0 Å². The Hall–Kier alpha value is -4.54. The van der Waals surface area contributed by atoms with E-state index in [-0.39, 0.29) is 29.5 Å². The smallest absolute Gasteiger partial charge is 0.264 e. The highest BCUT2D eigenvalue weighted by Crippen LogP contribution is 2.28. The first-order chi connectivity index (χ1) is 22.7. The molecule has 1 unspecified atom stereocenters. The Morgan fingerprint density at radius 2 is 1.49 bits per heavy atom. The highest BCUT2D eigenvalue weighted by molar-refractivity contribution is 7.92. The molecule has 0 bridgehead atoms. The standard InChI is InChI=1S/C36H40ClN3O6S/c1-4-5-22-38-36(42)34(24-27-10-7-6-8-11-27)39(25-28-12-9-13-32(23-28)46-3)35(41)26-40(30-16-14-29(37)15-17-30)47(43,44)33-20-18-31(45-2)19-21-33/h6-21,23,34H,4-5,22,24-26H2,1-3H3,(H,38,42). The van der Waals surface area contributed by atoms with Crippen LogP contribution in [-0.4, -0.2) is 58.5 Å². The van der Waals surface area contributed by atoms with E-state index in [4.69, 9.17) is 21.1 Å². The van der Waals surface area contributed by atoms with Gasteiger partial charge in [0.15, 0.2) is 0 Å². The van der Waals surface area contributed by atoms with Crippen LogP contribution in [0.5, 0.6) is 11.5 Å². The second kappa shape index (κ2) is 16.9. The highest BCUT2D eigenvalue weighted by Gasteiger charge is 2.34. The van der Waals surface area contributed by atoms with Gasteiger partial charge in [0.2, 0.25) is 11.8 Å². The van der Waals surface area contributed by atoms with Gasteiger partial charge in [-0.3, -0.25) is 13.9 Å². The Bertz CT molecular complexity index is 1720. The van der Waals surface area contributed by atoms with Crippen LogP contribution in [0.15, 0.2) is 108 Å². The molecule has 0 saturated carbocycles. The van der Waals surface area contributed by atoms with E-state index in [0.29, 0.717) is 28.6 Å². The number of hydrogen-bond acceptors (Lipinski definition) is 6. The number of sulfonamides is 1. The maximum atomic E-state index is 14.6. The molecule has 0 heterocycles. The minimum absolute atomic E-state index is 0.0291. The van der Waals surface area contributed by atoms with E-state index in [1.54, 1.807) is 61.7 Å². The molecule has 1 N–H and O–H groups in total. The van der Waals surface area contributed by atoms with E-state index in [1.807, 2.05) is 43.3 Å². The molecule has 47 heavy (non-hydrogen) atoms. The lowest BCUT2D eigenvalue weighted by atomic mass is 10.0. The van der Waals surface area contributed by atoms with Crippen molar-refractivity contribution >= 4 is 39.1 Å². The second-order valence-electron chi connectivity index (χ2n) is 10.9. The molecule has 0 aliphatic heterocycles. The Morgan fingerprint density at radius 1 is 0.830 bits per heavy atom. The van der Waals surface area contributed by atoms with Crippen molar-refractivity contribution in [3.8, 4) is 11.5 Å². The van der Waals surface area contributed by atoms with E-state index in [0.717, 1.165) is 22.7 Å². The average Bonchev–Trinajstić information content (AvgIpc) is 3.09. The number of nitrogens with zero attached hydrogens (tertiary/aromatic N) is 2. The number of ether oxygens (including phenoxy) is 2. The summed E-state index contributed by atoms with van der Waals surface area (Å²) >= 11 is 6.15. The van der Waals surface area contributed by atoms with Gasteiger partial charge in [-0.25, -0.2) is 8.42 Å². The molecule has 1 atom stereocenters. The number of anilines is 1. The van der Waals surface area contributed by atoms with Crippen molar-refractivity contribution in [1.82, 2.24) is 10.2 Å². The number of amides is 2. The zero-order chi connectivity index (χ0) is 33.8. The molecule has 0 radical (unpaired) electrons. The highest BCUT2D eigenvalue weighted by atomic mass is 35.5. The molecule has 4 aromatic rings. The molecule has 9 nitrogen and oxygen atoms in total. The predicted octanol–water partition coefficient (Wildman–Crippen LogP) is 6.11. The number of hydrogen-bond donors (Lipinski definition) is 1. The maximum absolute atomic E-state index is 14.6. The summed E-state index contributed by atoms with van der Waals surface area (Å²) in [6, 6.07) is 27.8. The fourth-order valence-electron chi connectivity index (χ4n) is 5.04. The number of rotatable bonds is 16. The van der Waals surface area contributed by atoms with Gasteiger partial charge in [-0.2, -0.15) is 0 Å². The van der Waals surface area contributed by atoms with Crippen molar-refractivity contribution in [3.63, 3.8) is 0 Å². The molecule has 0 aromatic heterocycles. The van der Waals surface area contributed by atoms with Gasteiger partial charge in [0, 0.05) is 24.5 Å². The van der Waals surface area contributed by atoms with Crippen molar-refractivity contribution in [2.75, 3.05) is 31.6 Å². The first-order valence-electron chi connectivity index (χ1n) is 15.3. The Balaban J connectivity index is 1.79. The number of halogens is 1. The lowest BCUT2D eigenvalue weighted by Crippen LogP contribution is -2.53. The first kappa shape index (κ1) is 35.3. The van der Waals surface area contributed by atoms with Crippen molar-refractivity contribution < 1.29 is 27.5 Å². The number of carbonyl (C=O) groups is 2. The van der Waals surface area contributed by atoms with Crippen molar-refractivity contribution in [3.05, 3.63) is 119 Å². The molecule has 248 valence electrons. The summed E-state index contributed by atoms with van der Waals surface area (Å²) in [4.78, 5) is 29.9. The normalized spacial score (nSPS) is 11.7. The lowest BCUT2D eigenvalue weighted by molar-refractivity contribution is -0.140. The van der Waals surface area contributed by atoms with Crippen LogP contribution >= 0.6 is 11.6 Å². The number of unbranched alkanes of at least 4 members (excludes halogenated alkanes) is 1. The average molecular weight is 678 g/mol. The quantitative estimate of drug-likeness (QED) is 0.144. The molecule has 0 saturated heterocycles. The number of methoxy groups -OCH3 is 2. The molecule has 4 aromatic carbocycles. The number of nitrogens with one attached hydrogen (secondary N) is 1. The predicted molar refractivity (Wildman–Crippen MR) is 184 cm³/mol. The fraction of sp³-hybridized carbons (Fsp3) is 0.278. The van der Waals surface area contributed by atoms with E-state index < -0.39 is 28.5 Å².